The molecule has 3 aromatic rings. The Morgan fingerprint density at radius 1 is 1.06 bits per heavy atom. The first-order chi connectivity index (χ1) is 17.4. The zero-order valence-corrected chi connectivity index (χ0v) is 20.9. The van der Waals surface area contributed by atoms with Crippen molar-refractivity contribution >= 4 is 17.8 Å². The molecule has 7 nitrogen and oxygen atoms in total. The van der Waals surface area contributed by atoms with Gasteiger partial charge in [0.05, 0.1) is 18.5 Å². The second-order valence-corrected chi connectivity index (χ2v) is 10.6. The highest BCUT2D eigenvalue weighted by Crippen LogP contribution is 2.45. The number of piperazine rings is 1. The molecule has 1 aliphatic heterocycles. The molecule has 1 aliphatic carbocycles. The van der Waals surface area contributed by atoms with E-state index in [0.29, 0.717) is 25.4 Å². The van der Waals surface area contributed by atoms with E-state index in [0.717, 1.165) is 55.4 Å². The third kappa shape index (κ3) is 5.88. The number of hydrogen-bond acceptors (Lipinski definition) is 7. The van der Waals surface area contributed by atoms with Crippen molar-refractivity contribution in [1.29, 1.82) is 0 Å². The van der Waals surface area contributed by atoms with Crippen molar-refractivity contribution < 1.29 is 13.5 Å². The van der Waals surface area contributed by atoms with Crippen LogP contribution in [0.25, 0.3) is 5.69 Å². The van der Waals surface area contributed by atoms with E-state index in [-0.39, 0.29) is 16.9 Å². The Morgan fingerprint density at radius 2 is 1.75 bits per heavy atom. The number of benzene rings is 2. The van der Waals surface area contributed by atoms with Gasteiger partial charge in [0.25, 0.3) is 0 Å². The minimum Gasteiger partial charge on any atom is -0.486 e. The SMILES string of the molecule is CC1(COc2c(N3CCN(SNCc4ccccc4)CC3)cnn(-c3cc(F)cc(F)c3)c2=O)CC1. The fourth-order valence-electron chi connectivity index (χ4n) is 4.06. The minimum absolute atomic E-state index is 0.0252. The third-order valence-electron chi connectivity index (χ3n) is 6.57. The van der Waals surface area contributed by atoms with E-state index in [2.05, 4.69) is 38.1 Å². The number of aromatic nitrogens is 2. The third-order valence-corrected chi connectivity index (χ3v) is 7.46. The van der Waals surface area contributed by atoms with Crippen molar-refractivity contribution in [3.8, 4) is 11.4 Å². The fourth-order valence-corrected chi connectivity index (χ4v) is 4.82. The van der Waals surface area contributed by atoms with Crippen LogP contribution >= 0.6 is 12.1 Å². The van der Waals surface area contributed by atoms with Gasteiger partial charge >= 0.3 is 5.56 Å². The Kier molecular flexibility index (Phi) is 7.27. The molecule has 0 atom stereocenters. The molecule has 1 saturated heterocycles. The zero-order valence-electron chi connectivity index (χ0n) is 20.1. The number of anilines is 1. The summed E-state index contributed by atoms with van der Waals surface area (Å²) in [6.07, 6.45) is 3.65. The molecule has 1 saturated carbocycles. The average molecular weight is 514 g/mol. The van der Waals surface area contributed by atoms with Crippen LogP contribution in [0.4, 0.5) is 14.5 Å². The molecule has 36 heavy (non-hydrogen) atoms. The lowest BCUT2D eigenvalue weighted by atomic mass is 10.2. The molecule has 0 radical (unpaired) electrons. The van der Waals surface area contributed by atoms with Crippen LogP contribution in [-0.4, -0.2) is 46.9 Å². The maximum atomic E-state index is 13.8. The van der Waals surface area contributed by atoms with Crippen molar-refractivity contribution in [3.05, 3.63) is 82.3 Å². The van der Waals surface area contributed by atoms with Crippen LogP contribution in [0.2, 0.25) is 0 Å². The lowest BCUT2D eigenvalue weighted by Crippen LogP contribution is -2.45. The second kappa shape index (κ2) is 10.6. The van der Waals surface area contributed by atoms with Crippen LogP contribution in [0.15, 0.2) is 59.5 Å². The maximum absolute atomic E-state index is 13.8. The number of ether oxygens (including phenoxy) is 1. The Morgan fingerprint density at radius 3 is 2.42 bits per heavy atom. The highest BCUT2D eigenvalue weighted by Gasteiger charge is 2.39. The standard InChI is InChI=1S/C26H29F2N5O2S/c1-26(7-8-26)18-35-24-23(17-29-33(25(24)34)22-14-20(27)13-21(28)15-22)31-9-11-32(12-10-31)36-30-16-19-5-3-2-4-6-19/h2-6,13-15,17,30H,7-12,16,18H2,1H3. The Bertz CT molecular complexity index is 1240. The second-order valence-electron chi connectivity index (χ2n) is 9.62. The van der Waals surface area contributed by atoms with Gasteiger partial charge in [-0.05, 0) is 30.5 Å². The van der Waals surface area contributed by atoms with Crippen molar-refractivity contribution in [2.45, 2.75) is 26.3 Å². The van der Waals surface area contributed by atoms with Gasteiger partial charge in [-0.3, -0.25) is 4.79 Å². The van der Waals surface area contributed by atoms with E-state index in [9.17, 15) is 13.6 Å². The summed E-state index contributed by atoms with van der Waals surface area (Å²) < 4.78 is 40.4. The van der Waals surface area contributed by atoms with Gasteiger partial charge in [-0.25, -0.2) is 17.8 Å². The Hall–Kier alpha value is -2.95. The number of halogens is 2. The average Bonchev–Trinajstić information content (AvgIpc) is 3.61. The Balaban J connectivity index is 1.30. The molecule has 10 heteroatoms. The van der Waals surface area contributed by atoms with Gasteiger partial charge in [-0.15, -0.1) is 0 Å². The summed E-state index contributed by atoms with van der Waals surface area (Å²) >= 11 is 1.59. The lowest BCUT2D eigenvalue weighted by molar-refractivity contribution is 0.242. The fraction of sp³-hybridized carbons (Fsp3) is 0.385. The first kappa shape index (κ1) is 24.7. The normalized spacial score (nSPS) is 17.2. The molecule has 0 amide bonds. The minimum atomic E-state index is -0.773. The lowest BCUT2D eigenvalue weighted by Gasteiger charge is -2.35. The quantitative estimate of drug-likeness (QED) is 0.431. The van der Waals surface area contributed by atoms with Crippen molar-refractivity contribution in [1.82, 2.24) is 18.8 Å². The number of hydrogen-bond donors (Lipinski definition) is 1. The van der Waals surface area contributed by atoms with E-state index >= 15 is 0 Å². The summed E-state index contributed by atoms with van der Waals surface area (Å²) in [7, 11) is 0. The van der Waals surface area contributed by atoms with E-state index in [1.165, 1.54) is 5.56 Å². The van der Waals surface area contributed by atoms with Gasteiger partial charge in [0.15, 0.2) is 0 Å². The molecule has 2 fully saturated rings. The van der Waals surface area contributed by atoms with Gasteiger partial charge in [0.2, 0.25) is 5.75 Å². The summed E-state index contributed by atoms with van der Waals surface area (Å²) in [5.74, 6) is -1.37. The number of rotatable bonds is 9. The summed E-state index contributed by atoms with van der Waals surface area (Å²) in [6.45, 7) is 6.23. The summed E-state index contributed by atoms with van der Waals surface area (Å²) in [4.78, 5) is 15.5. The molecule has 2 heterocycles. The van der Waals surface area contributed by atoms with Gasteiger partial charge in [-0.1, -0.05) is 37.3 Å². The monoisotopic (exact) mass is 513 g/mol. The van der Waals surface area contributed by atoms with Crippen molar-refractivity contribution in [2.24, 2.45) is 5.41 Å². The molecule has 0 bridgehead atoms. The summed E-state index contributed by atoms with van der Waals surface area (Å²) in [5, 5.41) is 4.25. The van der Waals surface area contributed by atoms with Crippen LogP contribution in [0.3, 0.4) is 0 Å². The largest absolute Gasteiger partial charge is 0.486 e. The predicted molar refractivity (Wildman–Crippen MR) is 137 cm³/mol. The van der Waals surface area contributed by atoms with Gasteiger partial charge in [0, 0.05) is 56.3 Å². The molecular formula is C26H29F2N5O2S. The van der Waals surface area contributed by atoms with Crippen LogP contribution < -0.4 is 19.9 Å². The molecule has 190 valence electrons. The van der Waals surface area contributed by atoms with E-state index in [1.54, 1.807) is 18.3 Å². The summed E-state index contributed by atoms with van der Waals surface area (Å²) in [6, 6.07) is 13.2. The first-order valence-corrected chi connectivity index (χ1v) is 12.8. The molecular weight excluding hydrogens is 484 g/mol. The van der Waals surface area contributed by atoms with Crippen LogP contribution in [0.5, 0.6) is 5.75 Å². The van der Waals surface area contributed by atoms with Crippen LogP contribution in [0, 0.1) is 17.0 Å². The highest BCUT2D eigenvalue weighted by atomic mass is 32.2. The molecule has 1 aromatic heterocycles. The Labute approximate surface area is 213 Å². The smallest absolute Gasteiger partial charge is 0.316 e. The molecule has 1 N–H and O–H groups in total. The highest BCUT2D eigenvalue weighted by molar-refractivity contribution is 7.95. The number of nitrogens with zero attached hydrogens (tertiary/aromatic N) is 4. The molecule has 2 aromatic carbocycles. The van der Waals surface area contributed by atoms with Crippen molar-refractivity contribution in [2.75, 3.05) is 37.7 Å². The molecule has 0 unspecified atom stereocenters. The molecule has 2 aliphatic rings. The van der Waals surface area contributed by atoms with Gasteiger partial charge in [-0.2, -0.15) is 9.78 Å². The zero-order chi connectivity index (χ0) is 25.1. The maximum Gasteiger partial charge on any atom is 0.316 e. The predicted octanol–water partition coefficient (Wildman–Crippen LogP) is 4.16. The topological polar surface area (TPSA) is 62.6 Å². The van der Waals surface area contributed by atoms with Gasteiger partial charge < -0.3 is 9.64 Å². The van der Waals surface area contributed by atoms with Gasteiger partial charge in [0.1, 0.15) is 17.3 Å². The first-order valence-electron chi connectivity index (χ1n) is 12.1. The van der Waals surface area contributed by atoms with E-state index < -0.39 is 17.2 Å². The summed E-state index contributed by atoms with van der Waals surface area (Å²) in [5.41, 5.74) is 1.39. The van der Waals surface area contributed by atoms with E-state index in [1.807, 2.05) is 18.2 Å². The molecule has 5 rings (SSSR count). The van der Waals surface area contributed by atoms with Crippen LogP contribution in [-0.2, 0) is 6.54 Å². The van der Waals surface area contributed by atoms with Crippen molar-refractivity contribution in [3.63, 3.8) is 0 Å². The van der Waals surface area contributed by atoms with Crippen LogP contribution in [0.1, 0.15) is 25.3 Å². The van der Waals surface area contributed by atoms with E-state index in [4.69, 9.17) is 4.74 Å². The number of nitrogens with one attached hydrogen (secondary N) is 1. The molecule has 0 spiro atoms.